The van der Waals surface area contributed by atoms with Gasteiger partial charge in [0.05, 0.1) is 5.54 Å². The summed E-state index contributed by atoms with van der Waals surface area (Å²) in [6.45, 7) is 1.07. The second kappa shape index (κ2) is 4.29. The summed E-state index contributed by atoms with van der Waals surface area (Å²) < 4.78 is 73.6. The summed E-state index contributed by atoms with van der Waals surface area (Å²) in [6, 6.07) is 0. The van der Waals surface area contributed by atoms with E-state index in [1.165, 1.54) is 0 Å². The molecule has 1 saturated heterocycles. The highest BCUT2D eigenvalue weighted by molar-refractivity contribution is 5.81. The fraction of sp³-hybridized carbons (Fsp3) is 0.889. The molecule has 1 fully saturated rings. The minimum absolute atomic E-state index is 0.287. The second-order valence-corrected chi connectivity index (χ2v) is 4.43. The molecule has 106 valence electrons. The number of nitrogens with zero attached hydrogens (tertiary/aromatic N) is 1. The third kappa shape index (κ3) is 2.88. The molecule has 0 aliphatic carbocycles. The van der Waals surface area contributed by atoms with Gasteiger partial charge in [-0.05, 0) is 6.42 Å². The fourth-order valence-electron chi connectivity index (χ4n) is 1.74. The molecule has 0 radical (unpaired) electrons. The number of likely N-dealkylation sites (tertiary alicyclic amines) is 1. The van der Waals surface area contributed by atoms with E-state index in [-0.39, 0.29) is 13.1 Å². The third-order valence-electron chi connectivity index (χ3n) is 2.93. The third-order valence-corrected chi connectivity index (χ3v) is 2.93. The van der Waals surface area contributed by atoms with Gasteiger partial charge in [0.15, 0.2) is 0 Å². The van der Waals surface area contributed by atoms with E-state index in [4.69, 9.17) is 5.73 Å². The highest BCUT2D eigenvalue weighted by Crippen LogP contribution is 2.41. The fourth-order valence-corrected chi connectivity index (χ4v) is 1.74. The van der Waals surface area contributed by atoms with Crippen LogP contribution in [-0.2, 0) is 4.79 Å². The van der Waals surface area contributed by atoms with Crippen LogP contribution < -0.4 is 5.73 Å². The summed E-state index contributed by atoms with van der Waals surface area (Å²) in [5.41, 5.74) is 4.71. The van der Waals surface area contributed by atoms with Gasteiger partial charge in [-0.1, -0.05) is 6.92 Å². The molecule has 3 nitrogen and oxygen atoms in total. The van der Waals surface area contributed by atoms with E-state index in [0.717, 1.165) is 0 Å². The Morgan fingerprint density at radius 1 is 1.22 bits per heavy atom. The lowest BCUT2D eigenvalue weighted by atomic mass is 9.87. The van der Waals surface area contributed by atoms with Crippen LogP contribution in [0.2, 0.25) is 0 Å². The van der Waals surface area contributed by atoms with E-state index in [1.807, 2.05) is 0 Å². The number of hydrogen-bond acceptors (Lipinski definition) is 2. The van der Waals surface area contributed by atoms with Crippen molar-refractivity contribution >= 4 is 5.91 Å². The average Bonchev–Trinajstić information content (AvgIpc) is 2.07. The monoisotopic (exact) mass is 278 g/mol. The Hall–Kier alpha value is -0.990. The average molecular weight is 278 g/mol. The molecule has 9 heteroatoms. The summed E-state index contributed by atoms with van der Waals surface area (Å²) >= 11 is 0. The van der Waals surface area contributed by atoms with Crippen LogP contribution in [0.15, 0.2) is 0 Å². The Kier molecular flexibility index (Phi) is 3.59. The number of rotatable bonds is 2. The summed E-state index contributed by atoms with van der Waals surface area (Å²) in [7, 11) is 0. The van der Waals surface area contributed by atoms with Crippen LogP contribution in [0.5, 0.6) is 0 Å². The molecular formula is C9H12F6N2O. The van der Waals surface area contributed by atoms with Crippen LogP contribution in [-0.4, -0.2) is 41.8 Å². The van der Waals surface area contributed by atoms with Crippen molar-refractivity contribution in [2.45, 2.75) is 31.2 Å². The lowest BCUT2D eigenvalue weighted by Gasteiger charge is -2.48. The van der Waals surface area contributed by atoms with E-state index in [9.17, 15) is 31.1 Å². The smallest absolute Gasteiger partial charge is 0.338 e. The maximum atomic E-state index is 12.3. The number of alkyl halides is 6. The summed E-state index contributed by atoms with van der Waals surface area (Å²) in [5.74, 6) is -5.95. The van der Waals surface area contributed by atoms with Gasteiger partial charge in [0.25, 0.3) is 0 Å². The first kappa shape index (κ1) is 15.1. The van der Waals surface area contributed by atoms with Crippen molar-refractivity contribution in [3.8, 4) is 0 Å². The highest BCUT2D eigenvalue weighted by atomic mass is 19.4. The molecule has 0 atom stereocenters. The summed E-state index contributed by atoms with van der Waals surface area (Å²) in [5, 5.41) is 0. The van der Waals surface area contributed by atoms with Crippen LogP contribution in [0.1, 0.15) is 13.3 Å². The van der Waals surface area contributed by atoms with E-state index in [2.05, 4.69) is 0 Å². The first-order valence-electron chi connectivity index (χ1n) is 5.12. The molecule has 0 bridgehead atoms. The lowest BCUT2D eigenvalue weighted by Crippen LogP contribution is -2.70. The molecule has 0 aromatic heterocycles. The minimum atomic E-state index is -5.64. The Morgan fingerprint density at radius 2 is 1.61 bits per heavy atom. The van der Waals surface area contributed by atoms with Crippen molar-refractivity contribution in [1.82, 2.24) is 4.90 Å². The van der Waals surface area contributed by atoms with Crippen molar-refractivity contribution in [3.05, 3.63) is 0 Å². The van der Waals surface area contributed by atoms with Crippen LogP contribution >= 0.6 is 0 Å². The minimum Gasteiger partial charge on any atom is -0.338 e. The van der Waals surface area contributed by atoms with E-state index < -0.39 is 29.7 Å². The van der Waals surface area contributed by atoms with Gasteiger partial charge < -0.3 is 10.6 Å². The molecule has 1 rings (SSSR count). The standard InChI is InChI=1S/C9H12F6N2O/c1-2-7(16)3-17(4-7)6(18)5(8(10,11)12)9(13,14)15/h5H,2-4,16H2,1H3. The largest absolute Gasteiger partial charge is 0.409 e. The summed E-state index contributed by atoms with van der Waals surface area (Å²) in [6.07, 6.45) is -10.9. The molecule has 18 heavy (non-hydrogen) atoms. The van der Waals surface area contributed by atoms with Crippen molar-refractivity contribution in [2.24, 2.45) is 11.7 Å². The molecule has 0 spiro atoms. The molecule has 2 N–H and O–H groups in total. The summed E-state index contributed by atoms with van der Waals surface area (Å²) in [4.78, 5) is 11.7. The Labute approximate surface area is 98.9 Å². The molecule has 1 heterocycles. The molecule has 0 saturated carbocycles. The Balaban J connectivity index is 2.82. The van der Waals surface area contributed by atoms with Crippen molar-refractivity contribution in [1.29, 1.82) is 0 Å². The number of carbonyl (C=O) groups excluding carboxylic acids is 1. The zero-order valence-electron chi connectivity index (χ0n) is 9.40. The number of hydrogen-bond donors (Lipinski definition) is 1. The highest BCUT2D eigenvalue weighted by Gasteiger charge is 2.63. The normalized spacial score (nSPS) is 19.9. The molecular weight excluding hydrogens is 266 g/mol. The maximum absolute atomic E-state index is 12.3. The van der Waals surface area contributed by atoms with Gasteiger partial charge in [-0.3, -0.25) is 4.79 Å². The molecule has 0 aromatic rings. The number of carbonyl (C=O) groups is 1. The van der Waals surface area contributed by atoms with Crippen LogP contribution in [0, 0.1) is 5.92 Å². The van der Waals surface area contributed by atoms with Gasteiger partial charge in [0.2, 0.25) is 11.8 Å². The van der Waals surface area contributed by atoms with Crippen LogP contribution in [0.4, 0.5) is 26.3 Å². The lowest BCUT2D eigenvalue weighted by molar-refractivity contribution is -0.279. The predicted molar refractivity (Wildman–Crippen MR) is 49.4 cm³/mol. The first-order chi connectivity index (χ1) is 7.91. The number of amides is 1. The van der Waals surface area contributed by atoms with Gasteiger partial charge in [-0.25, -0.2) is 0 Å². The van der Waals surface area contributed by atoms with E-state index >= 15 is 0 Å². The first-order valence-corrected chi connectivity index (χ1v) is 5.12. The molecule has 0 unspecified atom stereocenters. The molecule has 1 aliphatic rings. The van der Waals surface area contributed by atoms with Crippen LogP contribution in [0.25, 0.3) is 0 Å². The quantitative estimate of drug-likeness (QED) is 0.781. The topological polar surface area (TPSA) is 46.3 Å². The zero-order chi connectivity index (χ0) is 14.4. The van der Waals surface area contributed by atoms with Gasteiger partial charge in [0.1, 0.15) is 0 Å². The molecule has 0 aromatic carbocycles. The number of halogens is 6. The Bertz CT molecular complexity index is 317. The zero-order valence-corrected chi connectivity index (χ0v) is 9.40. The van der Waals surface area contributed by atoms with Crippen LogP contribution in [0.3, 0.4) is 0 Å². The van der Waals surface area contributed by atoms with Gasteiger partial charge >= 0.3 is 12.4 Å². The van der Waals surface area contributed by atoms with E-state index in [0.29, 0.717) is 11.3 Å². The van der Waals surface area contributed by atoms with Gasteiger partial charge in [-0.2, -0.15) is 26.3 Å². The molecule has 1 amide bonds. The number of nitrogens with two attached hydrogens (primary N) is 1. The predicted octanol–water partition coefficient (Wildman–Crippen LogP) is 1.68. The van der Waals surface area contributed by atoms with E-state index in [1.54, 1.807) is 6.92 Å². The van der Waals surface area contributed by atoms with Crippen molar-refractivity contribution in [3.63, 3.8) is 0 Å². The van der Waals surface area contributed by atoms with Crippen molar-refractivity contribution in [2.75, 3.05) is 13.1 Å². The SMILES string of the molecule is CCC1(N)CN(C(=O)C(C(F)(F)F)C(F)(F)F)C1. The maximum Gasteiger partial charge on any atom is 0.409 e. The second-order valence-electron chi connectivity index (χ2n) is 4.43. The Morgan fingerprint density at radius 3 is 1.89 bits per heavy atom. The van der Waals surface area contributed by atoms with Crippen molar-refractivity contribution < 1.29 is 31.1 Å². The van der Waals surface area contributed by atoms with Gasteiger partial charge in [0, 0.05) is 13.1 Å². The van der Waals surface area contributed by atoms with Gasteiger partial charge in [-0.15, -0.1) is 0 Å². The molecule has 1 aliphatic heterocycles.